The van der Waals surface area contributed by atoms with Crippen molar-refractivity contribution in [3.8, 4) is 11.4 Å². The molecule has 1 fully saturated rings. The number of thiazole rings is 2. The maximum atomic E-state index is 4.74. The van der Waals surface area contributed by atoms with Crippen molar-refractivity contribution in [1.29, 1.82) is 0 Å². The third-order valence-electron chi connectivity index (χ3n) is 3.62. The van der Waals surface area contributed by atoms with Gasteiger partial charge in [0.15, 0.2) is 10.3 Å². The fraction of sp³-hybridized carbons (Fsp3) is 0.571. The first-order valence-electron chi connectivity index (χ1n) is 7.19. The van der Waals surface area contributed by atoms with Crippen LogP contribution in [0.3, 0.4) is 0 Å². The van der Waals surface area contributed by atoms with E-state index in [-0.39, 0.29) is 0 Å². The average molecular weight is 308 g/mol. The molecule has 108 valence electrons. The Morgan fingerprint density at radius 2 is 1.90 bits per heavy atom. The zero-order valence-corrected chi connectivity index (χ0v) is 13.6. The van der Waals surface area contributed by atoms with Gasteiger partial charge < -0.3 is 10.2 Å². The highest BCUT2D eigenvalue weighted by Gasteiger charge is 2.17. The van der Waals surface area contributed by atoms with Crippen LogP contribution in [0.5, 0.6) is 0 Å². The van der Waals surface area contributed by atoms with E-state index in [0.29, 0.717) is 6.04 Å². The van der Waals surface area contributed by atoms with Crippen LogP contribution >= 0.6 is 22.7 Å². The summed E-state index contributed by atoms with van der Waals surface area (Å²) in [6, 6.07) is 0.463. The van der Waals surface area contributed by atoms with Crippen LogP contribution in [0, 0.1) is 0 Å². The van der Waals surface area contributed by atoms with E-state index >= 15 is 0 Å². The van der Waals surface area contributed by atoms with E-state index in [0.717, 1.165) is 41.2 Å². The smallest absolute Gasteiger partial charge is 0.185 e. The molecule has 3 rings (SSSR count). The van der Waals surface area contributed by atoms with Crippen molar-refractivity contribution in [1.82, 2.24) is 9.97 Å². The number of hydrogen-bond acceptors (Lipinski definition) is 6. The summed E-state index contributed by atoms with van der Waals surface area (Å²) < 4.78 is 0. The lowest BCUT2D eigenvalue weighted by molar-refractivity contribution is 0.763. The second-order valence-corrected chi connectivity index (χ2v) is 6.90. The summed E-state index contributed by atoms with van der Waals surface area (Å²) in [4.78, 5) is 11.8. The van der Waals surface area contributed by atoms with Gasteiger partial charge in [-0.1, -0.05) is 6.92 Å². The van der Waals surface area contributed by atoms with Crippen LogP contribution in [0.25, 0.3) is 11.4 Å². The third kappa shape index (κ3) is 2.96. The molecule has 0 bridgehead atoms. The molecule has 0 amide bonds. The molecule has 0 aromatic carbocycles. The molecule has 1 unspecified atom stereocenters. The summed E-state index contributed by atoms with van der Waals surface area (Å²) in [5, 5.41) is 9.76. The van der Waals surface area contributed by atoms with Crippen LogP contribution in [-0.4, -0.2) is 29.1 Å². The van der Waals surface area contributed by atoms with Crippen molar-refractivity contribution >= 4 is 32.9 Å². The molecule has 0 spiro atoms. The molecular weight excluding hydrogens is 288 g/mol. The Labute approximate surface area is 127 Å². The second kappa shape index (κ2) is 6.10. The van der Waals surface area contributed by atoms with Crippen LogP contribution in [0.2, 0.25) is 0 Å². The van der Waals surface area contributed by atoms with Crippen LogP contribution in [0.4, 0.5) is 10.3 Å². The zero-order chi connectivity index (χ0) is 13.9. The standard InChI is InChI=1S/C14H20N4S2/c1-3-10(2)15-13-16-11(8-19-13)12-9-20-14(17-12)18-6-4-5-7-18/h8-10H,3-7H2,1-2H3,(H,15,16). The van der Waals surface area contributed by atoms with Gasteiger partial charge >= 0.3 is 0 Å². The molecule has 0 radical (unpaired) electrons. The van der Waals surface area contributed by atoms with E-state index in [1.165, 1.54) is 12.8 Å². The van der Waals surface area contributed by atoms with Gasteiger partial charge in [0.2, 0.25) is 0 Å². The molecule has 4 nitrogen and oxygen atoms in total. The first-order valence-corrected chi connectivity index (χ1v) is 8.95. The highest BCUT2D eigenvalue weighted by atomic mass is 32.1. The highest BCUT2D eigenvalue weighted by Crippen LogP contribution is 2.31. The monoisotopic (exact) mass is 308 g/mol. The predicted molar refractivity (Wildman–Crippen MR) is 88.0 cm³/mol. The third-order valence-corrected chi connectivity index (χ3v) is 5.29. The minimum atomic E-state index is 0.463. The van der Waals surface area contributed by atoms with E-state index in [1.54, 1.807) is 22.7 Å². The van der Waals surface area contributed by atoms with Gasteiger partial charge in [-0.2, -0.15) is 0 Å². The number of hydrogen-bond donors (Lipinski definition) is 1. The summed E-state index contributed by atoms with van der Waals surface area (Å²) in [6.07, 6.45) is 3.67. The van der Waals surface area contributed by atoms with Gasteiger partial charge in [-0.3, -0.25) is 0 Å². The summed E-state index contributed by atoms with van der Waals surface area (Å²) in [5.74, 6) is 0. The van der Waals surface area contributed by atoms with Gasteiger partial charge in [-0.25, -0.2) is 9.97 Å². The van der Waals surface area contributed by atoms with Crippen LogP contribution in [-0.2, 0) is 0 Å². The largest absolute Gasteiger partial charge is 0.359 e. The molecule has 3 heterocycles. The fourth-order valence-electron chi connectivity index (χ4n) is 2.21. The first-order chi connectivity index (χ1) is 9.76. The summed E-state index contributed by atoms with van der Waals surface area (Å²) in [6.45, 7) is 6.64. The van der Waals surface area contributed by atoms with Crippen molar-refractivity contribution in [2.45, 2.75) is 39.2 Å². The highest BCUT2D eigenvalue weighted by molar-refractivity contribution is 7.14. The maximum Gasteiger partial charge on any atom is 0.185 e. The van der Waals surface area contributed by atoms with Crippen LogP contribution in [0.1, 0.15) is 33.1 Å². The Morgan fingerprint density at radius 1 is 1.20 bits per heavy atom. The Morgan fingerprint density at radius 3 is 2.65 bits per heavy atom. The van der Waals surface area contributed by atoms with Crippen molar-refractivity contribution in [3.63, 3.8) is 0 Å². The fourth-order valence-corrected chi connectivity index (χ4v) is 3.90. The van der Waals surface area contributed by atoms with E-state index in [1.807, 2.05) is 0 Å². The average Bonchev–Trinajstić information content (AvgIpc) is 3.18. The molecule has 1 atom stereocenters. The van der Waals surface area contributed by atoms with Gasteiger partial charge in [0.1, 0.15) is 11.4 Å². The Bertz CT molecular complexity index is 557. The number of nitrogens with one attached hydrogen (secondary N) is 1. The van der Waals surface area contributed by atoms with Gasteiger partial charge in [-0.15, -0.1) is 22.7 Å². The van der Waals surface area contributed by atoms with Gasteiger partial charge in [0.25, 0.3) is 0 Å². The van der Waals surface area contributed by atoms with Crippen LogP contribution in [0.15, 0.2) is 10.8 Å². The van der Waals surface area contributed by atoms with Crippen molar-refractivity contribution in [2.24, 2.45) is 0 Å². The molecule has 1 aliphatic rings. The minimum absolute atomic E-state index is 0.463. The molecule has 1 aliphatic heterocycles. The Kier molecular flexibility index (Phi) is 4.21. The molecule has 0 aliphatic carbocycles. The summed E-state index contributed by atoms with van der Waals surface area (Å²) in [7, 11) is 0. The molecule has 20 heavy (non-hydrogen) atoms. The van der Waals surface area contributed by atoms with Crippen LogP contribution < -0.4 is 10.2 Å². The van der Waals surface area contributed by atoms with Crippen molar-refractivity contribution in [2.75, 3.05) is 23.3 Å². The van der Waals surface area contributed by atoms with Crippen molar-refractivity contribution < 1.29 is 0 Å². The van der Waals surface area contributed by atoms with E-state index < -0.39 is 0 Å². The predicted octanol–water partition coefficient (Wildman–Crippen LogP) is 4.08. The molecule has 2 aromatic heterocycles. The number of nitrogens with zero attached hydrogens (tertiary/aromatic N) is 3. The number of rotatable bonds is 5. The molecule has 0 saturated carbocycles. The SMILES string of the molecule is CCC(C)Nc1nc(-c2csc(N3CCCC3)n2)cs1. The normalized spacial score (nSPS) is 16.6. The van der Waals surface area contributed by atoms with Gasteiger partial charge in [0.05, 0.1) is 0 Å². The minimum Gasteiger partial charge on any atom is -0.359 e. The van der Waals surface area contributed by atoms with Gasteiger partial charge in [0, 0.05) is 29.9 Å². The van der Waals surface area contributed by atoms with E-state index in [9.17, 15) is 0 Å². The quantitative estimate of drug-likeness (QED) is 0.903. The molecule has 1 saturated heterocycles. The lowest BCUT2D eigenvalue weighted by atomic mass is 10.3. The number of anilines is 2. The molecule has 1 N–H and O–H groups in total. The molecular formula is C14H20N4S2. The maximum absolute atomic E-state index is 4.74. The lowest BCUT2D eigenvalue weighted by Gasteiger charge is -2.12. The zero-order valence-electron chi connectivity index (χ0n) is 11.9. The first kappa shape index (κ1) is 13.8. The van der Waals surface area contributed by atoms with Crippen molar-refractivity contribution in [3.05, 3.63) is 10.8 Å². The van der Waals surface area contributed by atoms with E-state index in [4.69, 9.17) is 4.98 Å². The second-order valence-electron chi connectivity index (χ2n) is 5.20. The number of aromatic nitrogens is 2. The Balaban J connectivity index is 1.72. The topological polar surface area (TPSA) is 41.1 Å². The van der Waals surface area contributed by atoms with Gasteiger partial charge in [-0.05, 0) is 26.2 Å². The molecule has 6 heteroatoms. The summed E-state index contributed by atoms with van der Waals surface area (Å²) >= 11 is 3.39. The van der Waals surface area contributed by atoms with E-state index in [2.05, 4.69) is 39.8 Å². The Hall–Kier alpha value is -1.14. The summed E-state index contributed by atoms with van der Waals surface area (Å²) in [5.41, 5.74) is 1.99. The molecule has 2 aromatic rings. The lowest BCUT2D eigenvalue weighted by Crippen LogP contribution is -2.17.